The van der Waals surface area contributed by atoms with Gasteiger partial charge in [0.05, 0.1) is 16.8 Å². The van der Waals surface area contributed by atoms with Crippen LogP contribution < -0.4 is 22.5 Å². The van der Waals surface area contributed by atoms with Crippen LogP contribution in [0.3, 0.4) is 0 Å². The Kier molecular flexibility index (Phi) is 8.81. The molecule has 1 fully saturated rings. The predicted octanol–water partition coefficient (Wildman–Crippen LogP) is 3.97. The Morgan fingerprint density at radius 2 is 1.81 bits per heavy atom. The van der Waals surface area contributed by atoms with Gasteiger partial charge < -0.3 is 27.4 Å². The molecule has 236 valence electrons. The summed E-state index contributed by atoms with van der Waals surface area (Å²) in [6.45, 7) is 5.43. The zero-order chi connectivity index (χ0) is 32.9. The molecule has 0 bridgehead atoms. The number of nitrogen functional groups attached to an aromatic ring is 1. The van der Waals surface area contributed by atoms with E-state index >= 15 is 0 Å². The molecule has 0 atom stereocenters. The molecule has 1 aliphatic heterocycles. The third-order valence-corrected chi connectivity index (χ3v) is 8.01. The molecule has 0 aliphatic carbocycles. The van der Waals surface area contributed by atoms with Gasteiger partial charge in [-0.3, -0.25) is 14.3 Å². The Morgan fingerprint density at radius 3 is 2.51 bits per heavy atom. The lowest BCUT2D eigenvalue weighted by Gasteiger charge is -2.36. The van der Waals surface area contributed by atoms with Gasteiger partial charge in [-0.2, -0.15) is 5.26 Å². The highest BCUT2D eigenvalue weighted by atomic mass is 16.1. The molecule has 1 aliphatic rings. The minimum absolute atomic E-state index is 0.138. The predicted molar refractivity (Wildman–Crippen MR) is 183 cm³/mol. The summed E-state index contributed by atoms with van der Waals surface area (Å²) in [5.41, 5.74) is 24.8. The highest BCUT2D eigenvalue weighted by Gasteiger charge is 2.20. The fraction of sp³-hybridized carbons (Fsp3) is 0.171. The van der Waals surface area contributed by atoms with Crippen LogP contribution in [-0.2, 0) is 11.3 Å². The highest BCUT2D eigenvalue weighted by Crippen LogP contribution is 2.32. The molecule has 7 N–H and O–H groups in total. The lowest BCUT2D eigenvalue weighted by Crippen LogP contribution is -2.46. The Morgan fingerprint density at radius 1 is 1.02 bits per heavy atom. The fourth-order valence-electron chi connectivity index (χ4n) is 5.65. The number of amides is 1. The second-order valence-corrected chi connectivity index (χ2v) is 11.2. The first-order valence-corrected chi connectivity index (χ1v) is 15.2. The van der Waals surface area contributed by atoms with Crippen LogP contribution in [0.1, 0.15) is 12.5 Å². The Balaban J connectivity index is 1.29. The molecule has 3 aromatic heterocycles. The maximum absolute atomic E-state index is 11.6. The number of hydrogen-bond donors (Lipinski definition) is 4. The number of aromatic nitrogens is 4. The second-order valence-electron chi connectivity index (χ2n) is 11.2. The molecular formula is C35H35N11O. The van der Waals surface area contributed by atoms with Gasteiger partial charge in [0.25, 0.3) is 0 Å². The number of nitrogens with two attached hydrogens (primary N) is 3. The molecule has 0 radical (unpaired) electrons. The smallest absolute Gasteiger partial charge is 0.221 e. The van der Waals surface area contributed by atoms with E-state index in [2.05, 4.69) is 44.4 Å². The average molecular weight is 626 g/mol. The first kappa shape index (κ1) is 30.8. The molecule has 1 amide bonds. The summed E-state index contributed by atoms with van der Waals surface area (Å²) in [6.07, 6.45) is 4.53. The van der Waals surface area contributed by atoms with Crippen LogP contribution in [0.25, 0.3) is 39.5 Å². The van der Waals surface area contributed by atoms with Gasteiger partial charge in [0.1, 0.15) is 23.2 Å². The highest BCUT2D eigenvalue weighted by molar-refractivity contribution is 5.90. The Hall–Kier alpha value is -6.19. The molecule has 47 heavy (non-hydrogen) atoms. The molecule has 2 aromatic carbocycles. The van der Waals surface area contributed by atoms with Crippen LogP contribution in [0.15, 0.2) is 103 Å². The number of imidazole rings is 1. The number of hydrogen-bond acceptors (Lipinski definition) is 10. The number of rotatable bonds is 8. The summed E-state index contributed by atoms with van der Waals surface area (Å²) >= 11 is 0. The van der Waals surface area contributed by atoms with E-state index in [4.69, 9.17) is 32.4 Å². The van der Waals surface area contributed by atoms with Crippen molar-refractivity contribution >= 4 is 28.6 Å². The summed E-state index contributed by atoms with van der Waals surface area (Å²) in [5.74, 6) is 1.42. The number of piperazine rings is 1. The van der Waals surface area contributed by atoms with Crippen molar-refractivity contribution < 1.29 is 4.79 Å². The van der Waals surface area contributed by atoms with Crippen LogP contribution in [0.5, 0.6) is 0 Å². The number of anilines is 2. The number of carbonyl (C=O) groups is 1. The van der Waals surface area contributed by atoms with Crippen LogP contribution in [0.4, 0.5) is 11.5 Å². The van der Waals surface area contributed by atoms with E-state index in [0.717, 1.165) is 49.7 Å². The number of carbonyl (C=O) groups excluding carboxylic acids is 1. The SMILES string of the molecule is CC(=O)Nc1cccc(-c2ccc3nc(-c4cccnc4N)n(-c4ccc(CN5CCN(/C(N)=C/C(C#N)=C\N)CC5)cc4)c3n2)c1. The van der Waals surface area contributed by atoms with Gasteiger partial charge in [-0.1, -0.05) is 24.3 Å². The standard InChI is InChI=1S/C35H35N11O/c1-23(47)41-27-5-2-4-26(19-27)30-11-12-31-35(42-30)46(34(43-31)29-6-3-13-40-33(29)39)28-9-7-24(8-10-28)22-44-14-16-45(17-15-44)32(38)18-25(20-36)21-37/h2-13,18-20H,14-17,22,36,38H2,1H3,(H2,39,40)(H,41,47)/b25-20+,32-18+. The number of nitrogens with one attached hydrogen (secondary N) is 1. The van der Waals surface area contributed by atoms with E-state index in [1.165, 1.54) is 18.7 Å². The summed E-state index contributed by atoms with van der Waals surface area (Å²) in [4.78, 5) is 30.4. The summed E-state index contributed by atoms with van der Waals surface area (Å²) in [5, 5.41) is 12.0. The zero-order valence-electron chi connectivity index (χ0n) is 26.0. The van der Waals surface area contributed by atoms with Crippen molar-refractivity contribution in [1.82, 2.24) is 29.3 Å². The zero-order valence-corrected chi connectivity index (χ0v) is 26.0. The number of benzene rings is 2. The van der Waals surface area contributed by atoms with Crippen molar-refractivity contribution in [2.45, 2.75) is 13.5 Å². The second kappa shape index (κ2) is 13.4. The number of allylic oxidation sites excluding steroid dienone is 2. The monoisotopic (exact) mass is 625 g/mol. The van der Waals surface area contributed by atoms with Crippen LogP contribution in [0, 0.1) is 11.3 Å². The largest absolute Gasteiger partial charge is 0.404 e. The van der Waals surface area contributed by atoms with Crippen molar-refractivity contribution in [3.05, 3.63) is 108 Å². The molecule has 0 unspecified atom stereocenters. The van der Waals surface area contributed by atoms with E-state index in [1.54, 1.807) is 12.3 Å². The van der Waals surface area contributed by atoms with Gasteiger partial charge in [0, 0.05) is 69.0 Å². The molecule has 12 nitrogen and oxygen atoms in total. The van der Waals surface area contributed by atoms with Crippen LogP contribution >= 0.6 is 0 Å². The minimum Gasteiger partial charge on any atom is -0.404 e. The molecule has 0 saturated carbocycles. The van der Waals surface area contributed by atoms with Crippen molar-refractivity contribution in [2.75, 3.05) is 37.2 Å². The lowest BCUT2D eigenvalue weighted by atomic mass is 10.1. The van der Waals surface area contributed by atoms with Gasteiger partial charge in [0.15, 0.2) is 11.5 Å². The maximum Gasteiger partial charge on any atom is 0.221 e. The van der Waals surface area contributed by atoms with Gasteiger partial charge in [-0.15, -0.1) is 0 Å². The van der Waals surface area contributed by atoms with Gasteiger partial charge in [-0.25, -0.2) is 15.0 Å². The first-order valence-electron chi connectivity index (χ1n) is 15.2. The van der Waals surface area contributed by atoms with Crippen molar-refractivity contribution in [3.8, 4) is 34.4 Å². The molecule has 4 heterocycles. The van der Waals surface area contributed by atoms with E-state index in [9.17, 15) is 4.79 Å². The van der Waals surface area contributed by atoms with Gasteiger partial charge in [-0.05, 0) is 60.2 Å². The van der Waals surface area contributed by atoms with Crippen molar-refractivity contribution in [1.29, 1.82) is 5.26 Å². The fourth-order valence-corrected chi connectivity index (χ4v) is 5.65. The normalized spacial score (nSPS) is 14.3. The lowest BCUT2D eigenvalue weighted by molar-refractivity contribution is -0.114. The third-order valence-electron chi connectivity index (χ3n) is 8.01. The molecule has 1 saturated heterocycles. The first-order chi connectivity index (χ1) is 22.8. The summed E-state index contributed by atoms with van der Waals surface area (Å²) in [6, 6.07) is 25.6. The topological polar surface area (TPSA) is 181 Å². The van der Waals surface area contributed by atoms with Gasteiger partial charge in [0.2, 0.25) is 5.91 Å². The van der Waals surface area contributed by atoms with E-state index in [0.29, 0.717) is 45.5 Å². The molecule has 5 aromatic rings. The van der Waals surface area contributed by atoms with E-state index < -0.39 is 0 Å². The summed E-state index contributed by atoms with van der Waals surface area (Å²) in [7, 11) is 0. The molecule has 12 heteroatoms. The van der Waals surface area contributed by atoms with E-state index in [1.807, 2.05) is 59.2 Å². The number of nitriles is 1. The quantitative estimate of drug-likeness (QED) is 0.145. The van der Waals surface area contributed by atoms with Crippen LogP contribution in [-0.4, -0.2) is 61.4 Å². The minimum atomic E-state index is -0.138. The average Bonchev–Trinajstić information content (AvgIpc) is 3.46. The van der Waals surface area contributed by atoms with E-state index in [-0.39, 0.29) is 5.91 Å². The van der Waals surface area contributed by atoms with Crippen molar-refractivity contribution in [3.63, 3.8) is 0 Å². The Bertz CT molecular complexity index is 2030. The number of pyridine rings is 2. The Labute approximate surface area is 272 Å². The maximum atomic E-state index is 11.6. The third kappa shape index (κ3) is 6.75. The molecule has 6 rings (SSSR count). The van der Waals surface area contributed by atoms with Gasteiger partial charge >= 0.3 is 0 Å². The van der Waals surface area contributed by atoms with Crippen molar-refractivity contribution in [2.24, 2.45) is 11.5 Å². The van der Waals surface area contributed by atoms with Crippen LogP contribution in [0.2, 0.25) is 0 Å². The number of fused-ring (bicyclic) bond motifs is 1. The molecular weight excluding hydrogens is 590 g/mol. The number of nitrogens with zero attached hydrogens (tertiary/aromatic N) is 7. The molecule has 0 spiro atoms. The summed E-state index contributed by atoms with van der Waals surface area (Å²) < 4.78 is 2.01.